The summed E-state index contributed by atoms with van der Waals surface area (Å²) in [7, 11) is 0. The molecule has 0 radical (unpaired) electrons. The summed E-state index contributed by atoms with van der Waals surface area (Å²) < 4.78 is 0. The number of nitrogens with one attached hydrogen (secondary N) is 3. The summed E-state index contributed by atoms with van der Waals surface area (Å²) in [6.45, 7) is 2.66. The van der Waals surface area contributed by atoms with E-state index in [0.717, 1.165) is 5.56 Å². The summed E-state index contributed by atoms with van der Waals surface area (Å²) in [6.07, 6.45) is 0.578. The van der Waals surface area contributed by atoms with E-state index in [1.165, 1.54) is 12.1 Å². The number of urea groups is 1. The zero-order valence-electron chi connectivity index (χ0n) is 11.8. The van der Waals surface area contributed by atoms with Gasteiger partial charge in [0.25, 0.3) is 0 Å². The molecule has 21 heavy (non-hydrogen) atoms. The zero-order chi connectivity index (χ0) is 15.7. The number of hydrogen-bond acceptors (Lipinski definition) is 3. The fourth-order valence-corrected chi connectivity index (χ4v) is 1.62. The molecule has 1 rings (SSSR count). The highest BCUT2D eigenvalue weighted by Crippen LogP contribution is 2.04. The molecule has 7 nitrogen and oxygen atoms in total. The molecule has 0 atom stereocenters. The molecule has 0 heterocycles. The SMILES string of the molecule is CCNC(=O)CNC(=O)NCCc1ccc(C(=O)O)cc1. The Morgan fingerprint density at radius 3 is 2.29 bits per heavy atom. The van der Waals surface area contributed by atoms with Crippen LogP contribution in [0.3, 0.4) is 0 Å². The van der Waals surface area contributed by atoms with Gasteiger partial charge in [-0.1, -0.05) is 12.1 Å². The van der Waals surface area contributed by atoms with Crippen LogP contribution in [0.5, 0.6) is 0 Å². The quantitative estimate of drug-likeness (QED) is 0.582. The highest BCUT2D eigenvalue weighted by Gasteiger charge is 2.04. The molecule has 0 spiro atoms. The number of carboxylic acid groups (broad SMARTS) is 1. The average molecular weight is 293 g/mol. The molecule has 0 aliphatic carbocycles. The van der Waals surface area contributed by atoms with E-state index in [4.69, 9.17) is 5.11 Å². The van der Waals surface area contributed by atoms with E-state index in [1.807, 2.05) is 0 Å². The van der Waals surface area contributed by atoms with Gasteiger partial charge in [0.1, 0.15) is 0 Å². The number of carboxylic acids is 1. The molecule has 0 fully saturated rings. The molecule has 0 aliphatic heterocycles. The third-order valence-corrected chi connectivity index (χ3v) is 2.68. The van der Waals surface area contributed by atoms with Gasteiger partial charge < -0.3 is 21.1 Å². The van der Waals surface area contributed by atoms with Gasteiger partial charge in [-0.25, -0.2) is 9.59 Å². The first-order valence-corrected chi connectivity index (χ1v) is 6.63. The lowest BCUT2D eigenvalue weighted by Crippen LogP contribution is -2.42. The third-order valence-electron chi connectivity index (χ3n) is 2.68. The van der Waals surface area contributed by atoms with Crippen LogP contribution in [0.2, 0.25) is 0 Å². The van der Waals surface area contributed by atoms with Gasteiger partial charge in [-0.3, -0.25) is 4.79 Å². The Bertz CT molecular complexity index is 499. The van der Waals surface area contributed by atoms with Gasteiger partial charge in [-0.15, -0.1) is 0 Å². The maximum absolute atomic E-state index is 11.4. The number of benzene rings is 1. The number of hydrogen-bond donors (Lipinski definition) is 4. The molecule has 1 aromatic rings. The number of carbonyl (C=O) groups excluding carboxylic acids is 2. The van der Waals surface area contributed by atoms with Crippen LogP contribution in [0.1, 0.15) is 22.8 Å². The molecule has 0 unspecified atom stereocenters. The Hall–Kier alpha value is -2.57. The standard InChI is InChI=1S/C14H19N3O4/c1-2-15-12(18)9-17-14(21)16-8-7-10-3-5-11(6-4-10)13(19)20/h3-6H,2,7-9H2,1H3,(H,15,18)(H,19,20)(H2,16,17,21). The van der Waals surface area contributed by atoms with Crippen LogP contribution in [0.25, 0.3) is 0 Å². The number of aromatic carboxylic acids is 1. The van der Waals surface area contributed by atoms with Crippen molar-refractivity contribution in [1.29, 1.82) is 0 Å². The van der Waals surface area contributed by atoms with Crippen LogP contribution in [-0.2, 0) is 11.2 Å². The first-order chi connectivity index (χ1) is 10.0. The molecule has 0 aliphatic rings. The van der Waals surface area contributed by atoms with Gasteiger partial charge in [0, 0.05) is 13.1 Å². The summed E-state index contributed by atoms with van der Waals surface area (Å²) in [5, 5.41) is 16.4. The lowest BCUT2D eigenvalue weighted by molar-refractivity contribution is -0.119. The summed E-state index contributed by atoms with van der Waals surface area (Å²) in [5.41, 5.74) is 1.15. The highest BCUT2D eigenvalue weighted by molar-refractivity contribution is 5.87. The largest absolute Gasteiger partial charge is 0.478 e. The van der Waals surface area contributed by atoms with Crippen LogP contribution in [0, 0.1) is 0 Å². The minimum Gasteiger partial charge on any atom is -0.478 e. The number of likely N-dealkylation sites (N-methyl/N-ethyl adjacent to an activating group) is 1. The monoisotopic (exact) mass is 293 g/mol. The number of carbonyl (C=O) groups is 3. The van der Waals surface area contributed by atoms with Gasteiger partial charge in [-0.05, 0) is 31.0 Å². The first kappa shape index (κ1) is 16.5. The van der Waals surface area contributed by atoms with Crippen molar-refractivity contribution >= 4 is 17.9 Å². The van der Waals surface area contributed by atoms with Crippen molar-refractivity contribution in [1.82, 2.24) is 16.0 Å². The van der Waals surface area contributed by atoms with E-state index in [-0.39, 0.29) is 18.0 Å². The molecule has 1 aromatic carbocycles. The van der Waals surface area contributed by atoms with Crippen molar-refractivity contribution < 1.29 is 19.5 Å². The van der Waals surface area contributed by atoms with Crippen LogP contribution in [0.4, 0.5) is 4.79 Å². The fraction of sp³-hybridized carbons (Fsp3) is 0.357. The van der Waals surface area contributed by atoms with E-state index >= 15 is 0 Å². The van der Waals surface area contributed by atoms with E-state index in [1.54, 1.807) is 19.1 Å². The fourth-order valence-electron chi connectivity index (χ4n) is 1.62. The van der Waals surface area contributed by atoms with Crippen LogP contribution in [0.15, 0.2) is 24.3 Å². The Morgan fingerprint density at radius 2 is 1.71 bits per heavy atom. The Kier molecular flexibility index (Phi) is 6.73. The third kappa shape index (κ3) is 6.42. The molecular weight excluding hydrogens is 274 g/mol. The van der Waals surface area contributed by atoms with E-state index in [9.17, 15) is 14.4 Å². The number of rotatable bonds is 7. The molecular formula is C14H19N3O4. The Morgan fingerprint density at radius 1 is 1.05 bits per heavy atom. The molecule has 0 aromatic heterocycles. The second kappa shape index (κ2) is 8.57. The second-order valence-corrected chi connectivity index (χ2v) is 4.32. The minimum absolute atomic E-state index is 0.0625. The van der Waals surface area contributed by atoms with Crippen LogP contribution >= 0.6 is 0 Å². The molecule has 7 heteroatoms. The summed E-state index contributed by atoms with van der Waals surface area (Å²) in [5.74, 6) is -1.21. The average Bonchev–Trinajstić information content (AvgIpc) is 2.46. The molecule has 3 amide bonds. The maximum Gasteiger partial charge on any atom is 0.335 e. The van der Waals surface area contributed by atoms with Crippen molar-refractivity contribution in [2.75, 3.05) is 19.6 Å². The Labute approximate surface area is 122 Å². The van der Waals surface area contributed by atoms with Crippen LogP contribution < -0.4 is 16.0 Å². The second-order valence-electron chi connectivity index (χ2n) is 4.32. The van der Waals surface area contributed by atoms with Gasteiger partial charge in [0.2, 0.25) is 5.91 Å². The van der Waals surface area contributed by atoms with E-state index < -0.39 is 12.0 Å². The van der Waals surface area contributed by atoms with Gasteiger partial charge in [0.15, 0.2) is 0 Å². The minimum atomic E-state index is -0.968. The van der Waals surface area contributed by atoms with E-state index in [2.05, 4.69) is 16.0 Å². The van der Waals surface area contributed by atoms with Crippen LogP contribution in [-0.4, -0.2) is 42.6 Å². The van der Waals surface area contributed by atoms with Gasteiger partial charge in [-0.2, -0.15) is 0 Å². The summed E-state index contributed by atoms with van der Waals surface area (Å²) in [4.78, 5) is 33.2. The smallest absolute Gasteiger partial charge is 0.335 e. The first-order valence-electron chi connectivity index (χ1n) is 6.63. The Balaban J connectivity index is 2.25. The highest BCUT2D eigenvalue weighted by atomic mass is 16.4. The molecule has 0 bridgehead atoms. The van der Waals surface area contributed by atoms with Crippen molar-refractivity contribution in [2.45, 2.75) is 13.3 Å². The van der Waals surface area contributed by atoms with Crippen molar-refractivity contribution in [3.05, 3.63) is 35.4 Å². The van der Waals surface area contributed by atoms with Gasteiger partial charge in [0.05, 0.1) is 12.1 Å². The molecule has 0 saturated carbocycles. The van der Waals surface area contributed by atoms with Gasteiger partial charge >= 0.3 is 12.0 Å². The predicted octanol–water partition coefficient (Wildman–Crippen LogP) is 0.363. The van der Waals surface area contributed by atoms with E-state index in [0.29, 0.717) is 19.5 Å². The molecule has 0 saturated heterocycles. The normalized spacial score (nSPS) is 9.76. The maximum atomic E-state index is 11.4. The van der Waals surface area contributed by atoms with Crippen molar-refractivity contribution in [2.24, 2.45) is 0 Å². The zero-order valence-corrected chi connectivity index (χ0v) is 11.8. The summed E-state index contributed by atoms with van der Waals surface area (Å²) >= 11 is 0. The topological polar surface area (TPSA) is 108 Å². The van der Waals surface area contributed by atoms with Crippen molar-refractivity contribution in [3.63, 3.8) is 0 Å². The molecule has 114 valence electrons. The predicted molar refractivity (Wildman–Crippen MR) is 77.2 cm³/mol. The number of amides is 3. The molecule has 4 N–H and O–H groups in total. The lowest BCUT2D eigenvalue weighted by Gasteiger charge is -2.07. The lowest BCUT2D eigenvalue weighted by atomic mass is 10.1. The summed E-state index contributed by atoms with van der Waals surface area (Å²) in [6, 6.07) is 6.04. The van der Waals surface area contributed by atoms with Crippen molar-refractivity contribution in [3.8, 4) is 0 Å².